The number of ether oxygens (including phenoxy) is 5. The van der Waals surface area contributed by atoms with E-state index in [0.29, 0.717) is 59.1 Å². The van der Waals surface area contributed by atoms with Gasteiger partial charge in [-0.2, -0.15) is 0 Å². The Morgan fingerprint density at radius 2 is 1.81 bits per heavy atom. The number of fused-ring (bicyclic) bond motifs is 1. The predicted octanol–water partition coefficient (Wildman–Crippen LogP) is 4.13. The van der Waals surface area contributed by atoms with Gasteiger partial charge in [0.15, 0.2) is 16.3 Å². The average Bonchev–Trinajstić information content (AvgIpc) is 3.27. The topological polar surface area (TPSA) is 115 Å². The summed E-state index contributed by atoms with van der Waals surface area (Å²) in [7, 11) is 4.55. The predicted molar refractivity (Wildman–Crippen MR) is 166 cm³/mol. The van der Waals surface area contributed by atoms with Crippen LogP contribution in [-0.4, -0.2) is 44.4 Å². The number of aromatic nitrogens is 1. The molecule has 4 rings (SSSR count). The maximum Gasteiger partial charge on any atom is 0.338 e. The summed E-state index contributed by atoms with van der Waals surface area (Å²) in [5.74, 6) is 0.660. The third kappa shape index (κ3) is 6.24. The molecule has 1 aromatic heterocycles. The molecule has 0 saturated carbocycles. The molecular weight excluding hydrogens is 675 g/mol. The minimum atomic E-state index is -0.866. The zero-order valence-corrected chi connectivity index (χ0v) is 27.1. The lowest BCUT2D eigenvalue weighted by Crippen LogP contribution is -2.40. The van der Waals surface area contributed by atoms with Crippen LogP contribution in [-0.2, 0) is 14.3 Å². The second-order valence-corrected chi connectivity index (χ2v) is 11.3. The van der Waals surface area contributed by atoms with E-state index in [4.69, 9.17) is 28.7 Å². The highest BCUT2D eigenvalue weighted by Gasteiger charge is 2.36. The van der Waals surface area contributed by atoms with E-state index in [1.165, 1.54) is 37.0 Å². The molecule has 1 aliphatic rings. The largest absolute Gasteiger partial charge is 0.497 e. The van der Waals surface area contributed by atoms with E-state index in [-0.39, 0.29) is 17.7 Å². The molecule has 0 amide bonds. The van der Waals surface area contributed by atoms with Crippen molar-refractivity contribution in [3.8, 4) is 23.0 Å². The first-order chi connectivity index (χ1) is 20.2. The molecule has 10 nitrogen and oxygen atoms in total. The summed E-state index contributed by atoms with van der Waals surface area (Å²) < 4.78 is 30.0. The number of carbonyl (C=O) groups excluding carboxylic acids is 2. The van der Waals surface area contributed by atoms with E-state index in [0.717, 1.165) is 6.42 Å². The monoisotopic (exact) mass is 706 g/mol. The fourth-order valence-electron chi connectivity index (χ4n) is 4.69. The van der Waals surface area contributed by atoms with Crippen LogP contribution >= 0.6 is 33.9 Å². The van der Waals surface area contributed by atoms with Crippen molar-refractivity contribution >= 4 is 51.9 Å². The van der Waals surface area contributed by atoms with E-state index in [2.05, 4.69) is 22.6 Å². The van der Waals surface area contributed by atoms with Crippen molar-refractivity contribution in [3.05, 3.63) is 76.0 Å². The molecular formula is C30H31IN2O8S. The Labute approximate surface area is 260 Å². The third-order valence-electron chi connectivity index (χ3n) is 6.42. The van der Waals surface area contributed by atoms with Gasteiger partial charge in [-0.1, -0.05) is 24.7 Å². The Hall–Kier alpha value is -3.65. The van der Waals surface area contributed by atoms with Crippen molar-refractivity contribution in [2.45, 2.75) is 39.7 Å². The van der Waals surface area contributed by atoms with Gasteiger partial charge >= 0.3 is 11.9 Å². The lowest BCUT2D eigenvalue weighted by molar-refractivity contribution is -0.139. The molecule has 0 N–H and O–H groups in total. The van der Waals surface area contributed by atoms with E-state index in [1.807, 2.05) is 6.92 Å². The molecule has 12 heteroatoms. The Bertz CT molecular complexity index is 1740. The number of allylic oxidation sites excluding steroid dienone is 1. The van der Waals surface area contributed by atoms with Gasteiger partial charge in [-0.3, -0.25) is 14.2 Å². The number of carbonyl (C=O) groups is 2. The first-order valence-corrected chi connectivity index (χ1v) is 15.1. The fraction of sp³-hybridized carbons (Fsp3) is 0.333. The maximum atomic E-state index is 14.1. The molecule has 0 radical (unpaired) electrons. The average molecular weight is 707 g/mol. The molecule has 42 heavy (non-hydrogen) atoms. The van der Waals surface area contributed by atoms with Gasteiger partial charge in [0.05, 0.1) is 47.3 Å². The van der Waals surface area contributed by atoms with Crippen LogP contribution < -0.4 is 33.8 Å². The molecule has 2 aromatic carbocycles. The van der Waals surface area contributed by atoms with Gasteiger partial charge < -0.3 is 23.7 Å². The van der Waals surface area contributed by atoms with Crippen LogP contribution in [0.15, 0.2) is 51.4 Å². The summed E-state index contributed by atoms with van der Waals surface area (Å²) in [6, 6.07) is 7.86. The van der Waals surface area contributed by atoms with Crippen LogP contribution in [0.1, 0.15) is 50.8 Å². The van der Waals surface area contributed by atoms with Crippen LogP contribution in [0.3, 0.4) is 0 Å². The lowest BCUT2D eigenvalue weighted by Gasteiger charge is -2.27. The SMILES string of the molecule is CCCC1=C(C(=O)OCC)[C@H](c2cc(OC)ccc2OC)n2c(s/c(=C\c3cc(I)c(OC(C)=O)c(OC)c3)c2=O)=N1. The number of rotatable bonds is 10. The summed E-state index contributed by atoms with van der Waals surface area (Å²) >= 11 is 3.26. The molecule has 0 aliphatic carbocycles. The van der Waals surface area contributed by atoms with Crippen molar-refractivity contribution in [1.82, 2.24) is 4.57 Å². The summed E-state index contributed by atoms with van der Waals surface area (Å²) in [5.41, 5.74) is 1.72. The van der Waals surface area contributed by atoms with Gasteiger partial charge in [-0.05, 0) is 77.9 Å². The van der Waals surface area contributed by atoms with Crippen LogP contribution in [0.4, 0.5) is 0 Å². The zero-order valence-electron chi connectivity index (χ0n) is 24.1. The summed E-state index contributed by atoms with van der Waals surface area (Å²) in [6.07, 6.45) is 2.96. The highest BCUT2D eigenvalue weighted by Crippen LogP contribution is 2.39. The van der Waals surface area contributed by atoms with Crippen LogP contribution in [0.5, 0.6) is 23.0 Å². The number of esters is 2. The fourth-order valence-corrected chi connectivity index (χ4v) is 6.44. The molecule has 0 fully saturated rings. The van der Waals surface area contributed by atoms with Crippen molar-refractivity contribution in [3.63, 3.8) is 0 Å². The van der Waals surface area contributed by atoms with E-state index >= 15 is 0 Å². The Morgan fingerprint density at radius 1 is 1.07 bits per heavy atom. The summed E-state index contributed by atoms with van der Waals surface area (Å²) in [5, 5.41) is 0. The van der Waals surface area contributed by atoms with Crippen LogP contribution in [0, 0.1) is 3.57 Å². The molecule has 1 aliphatic heterocycles. The number of hydrogen-bond donors (Lipinski definition) is 0. The van der Waals surface area contributed by atoms with Crippen molar-refractivity contribution < 1.29 is 33.3 Å². The maximum absolute atomic E-state index is 14.1. The van der Waals surface area contributed by atoms with Gasteiger partial charge in [0, 0.05) is 12.5 Å². The van der Waals surface area contributed by atoms with Crippen molar-refractivity contribution in [1.29, 1.82) is 0 Å². The molecule has 0 spiro atoms. The number of nitrogens with zero attached hydrogens (tertiary/aromatic N) is 2. The molecule has 3 aromatic rings. The number of methoxy groups -OCH3 is 3. The van der Waals surface area contributed by atoms with Crippen molar-refractivity contribution in [2.24, 2.45) is 4.99 Å². The minimum absolute atomic E-state index is 0.165. The molecule has 1 atom stereocenters. The van der Waals surface area contributed by atoms with E-state index in [9.17, 15) is 14.4 Å². The van der Waals surface area contributed by atoms with Gasteiger partial charge in [0.2, 0.25) is 0 Å². The van der Waals surface area contributed by atoms with Crippen LogP contribution in [0.2, 0.25) is 0 Å². The second kappa shape index (κ2) is 13.6. The molecule has 2 heterocycles. The van der Waals surface area contributed by atoms with Crippen molar-refractivity contribution in [2.75, 3.05) is 27.9 Å². The Morgan fingerprint density at radius 3 is 2.43 bits per heavy atom. The lowest BCUT2D eigenvalue weighted by atomic mass is 9.93. The smallest absolute Gasteiger partial charge is 0.338 e. The first kappa shape index (κ1) is 31.3. The number of hydrogen-bond acceptors (Lipinski definition) is 10. The van der Waals surface area contributed by atoms with Gasteiger partial charge in [-0.15, -0.1) is 0 Å². The molecule has 0 bridgehead atoms. The Kier molecular flexibility index (Phi) is 10.1. The number of thiazole rings is 1. The molecule has 0 saturated heterocycles. The summed E-state index contributed by atoms with van der Waals surface area (Å²) in [6.45, 7) is 5.21. The molecule has 222 valence electrons. The normalized spacial score (nSPS) is 14.6. The van der Waals surface area contributed by atoms with Gasteiger partial charge in [0.1, 0.15) is 17.5 Å². The number of benzene rings is 2. The standard InChI is InChI=1S/C30H31IN2O8S/c1-7-9-21-25(29(36)40-8-2)26(19-15-18(37-4)10-11-22(19)38-5)33-28(35)24(42-30(33)32-21)14-17-12-20(31)27(41-16(3)34)23(13-17)39-6/h10-15,26H,7-9H2,1-6H3/b24-14-/t26-/m0/s1. The molecule has 0 unspecified atom stereocenters. The second-order valence-electron chi connectivity index (χ2n) is 9.15. The van der Waals surface area contributed by atoms with E-state index in [1.54, 1.807) is 50.4 Å². The zero-order chi connectivity index (χ0) is 30.6. The highest BCUT2D eigenvalue weighted by atomic mass is 127. The highest BCUT2D eigenvalue weighted by molar-refractivity contribution is 14.1. The van der Waals surface area contributed by atoms with Crippen LogP contribution in [0.25, 0.3) is 6.08 Å². The van der Waals surface area contributed by atoms with E-state index < -0.39 is 18.0 Å². The van der Waals surface area contributed by atoms with Gasteiger partial charge in [-0.25, -0.2) is 9.79 Å². The quantitative estimate of drug-likeness (QED) is 0.176. The minimum Gasteiger partial charge on any atom is -0.497 e. The number of halogens is 1. The first-order valence-electron chi connectivity index (χ1n) is 13.2. The Balaban J connectivity index is 2.02. The summed E-state index contributed by atoms with van der Waals surface area (Å²) in [4.78, 5) is 44.4. The third-order valence-corrected chi connectivity index (χ3v) is 8.20. The van der Waals surface area contributed by atoms with Gasteiger partial charge in [0.25, 0.3) is 5.56 Å².